The minimum Gasteiger partial charge on any atom is -0.481 e. The van der Waals surface area contributed by atoms with Crippen molar-refractivity contribution in [1.82, 2.24) is 5.32 Å². The van der Waals surface area contributed by atoms with Crippen molar-refractivity contribution in [2.75, 3.05) is 0 Å². The molecule has 0 aromatic heterocycles. The largest absolute Gasteiger partial charge is 0.481 e. The molecule has 0 aliphatic heterocycles. The molecule has 2 rings (SSSR count). The summed E-state index contributed by atoms with van der Waals surface area (Å²) in [5.74, 6) is -1.17. The fourth-order valence-electron chi connectivity index (χ4n) is 2.51. The molecule has 1 fully saturated rings. The van der Waals surface area contributed by atoms with Crippen LogP contribution in [-0.4, -0.2) is 17.1 Å². The van der Waals surface area contributed by atoms with Gasteiger partial charge >= 0.3 is 5.97 Å². The lowest BCUT2D eigenvalue weighted by Crippen LogP contribution is -2.36. The van der Waals surface area contributed by atoms with E-state index in [1.54, 1.807) is 6.07 Å². The first-order valence-electron chi connectivity index (χ1n) is 6.36. The van der Waals surface area contributed by atoms with Crippen LogP contribution in [0, 0.1) is 11.7 Å². The Morgan fingerprint density at radius 2 is 2.28 bits per heavy atom. The van der Waals surface area contributed by atoms with Crippen molar-refractivity contribution >= 4 is 5.97 Å². The van der Waals surface area contributed by atoms with Crippen LogP contribution < -0.4 is 5.32 Å². The van der Waals surface area contributed by atoms with Gasteiger partial charge < -0.3 is 10.4 Å². The Bertz CT molecular complexity index is 422. The van der Waals surface area contributed by atoms with Crippen molar-refractivity contribution in [3.63, 3.8) is 0 Å². The number of rotatable bonds is 4. The molecule has 0 spiro atoms. The van der Waals surface area contributed by atoms with Crippen molar-refractivity contribution in [1.29, 1.82) is 0 Å². The van der Waals surface area contributed by atoms with E-state index in [0.717, 1.165) is 24.8 Å². The van der Waals surface area contributed by atoms with E-state index in [9.17, 15) is 9.18 Å². The number of carboxylic acids is 1. The van der Waals surface area contributed by atoms with E-state index in [1.807, 2.05) is 6.07 Å². The van der Waals surface area contributed by atoms with Crippen molar-refractivity contribution in [3.8, 4) is 0 Å². The summed E-state index contributed by atoms with van der Waals surface area (Å²) in [7, 11) is 0. The highest BCUT2D eigenvalue weighted by Gasteiger charge is 2.26. The van der Waals surface area contributed by atoms with Crippen molar-refractivity contribution in [2.45, 2.75) is 38.3 Å². The van der Waals surface area contributed by atoms with Crippen molar-refractivity contribution in [2.24, 2.45) is 5.92 Å². The fraction of sp³-hybridized carbons (Fsp3) is 0.500. The molecule has 0 bridgehead atoms. The summed E-state index contributed by atoms with van der Waals surface area (Å²) >= 11 is 0. The number of aliphatic carboxylic acids is 1. The molecule has 1 aromatic carbocycles. The molecule has 1 aromatic rings. The maximum Gasteiger partial charge on any atom is 0.306 e. The molecule has 0 heterocycles. The third-order valence-corrected chi connectivity index (χ3v) is 3.51. The van der Waals surface area contributed by atoms with E-state index in [2.05, 4.69) is 5.32 Å². The second kappa shape index (κ2) is 5.96. The van der Waals surface area contributed by atoms with Gasteiger partial charge in [0.25, 0.3) is 0 Å². The van der Waals surface area contributed by atoms with Gasteiger partial charge in [0.2, 0.25) is 0 Å². The Kier molecular flexibility index (Phi) is 4.31. The van der Waals surface area contributed by atoms with Crippen LogP contribution in [0.5, 0.6) is 0 Å². The number of halogens is 1. The normalized spacial score (nSPS) is 23.8. The first-order chi connectivity index (χ1) is 8.65. The van der Waals surface area contributed by atoms with Gasteiger partial charge in [0, 0.05) is 12.6 Å². The lowest BCUT2D eigenvalue weighted by Gasteiger charge is -2.27. The predicted molar refractivity (Wildman–Crippen MR) is 66.6 cm³/mol. The molecule has 0 amide bonds. The summed E-state index contributed by atoms with van der Waals surface area (Å²) in [6.45, 7) is 0.592. The van der Waals surface area contributed by atoms with Crippen LogP contribution in [0.15, 0.2) is 24.3 Å². The lowest BCUT2D eigenvalue weighted by molar-refractivity contribution is -0.143. The van der Waals surface area contributed by atoms with E-state index in [0.29, 0.717) is 13.0 Å². The van der Waals surface area contributed by atoms with Gasteiger partial charge in [0.05, 0.1) is 5.92 Å². The van der Waals surface area contributed by atoms with Crippen LogP contribution in [0.25, 0.3) is 0 Å². The van der Waals surface area contributed by atoms with E-state index < -0.39 is 5.97 Å². The Morgan fingerprint density at radius 1 is 1.44 bits per heavy atom. The number of carboxylic acid groups (broad SMARTS) is 1. The second-order valence-corrected chi connectivity index (χ2v) is 4.91. The molecule has 1 saturated carbocycles. The van der Waals surface area contributed by atoms with Gasteiger partial charge in [-0.3, -0.25) is 4.79 Å². The summed E-state index contributed by atoms with van der Waals surface area (Å²) in [5.41, 5.74) is 0.896. The van der Waals surface area contributed by atoms with E-state index in [4.69, 9.17) is 5.11 Å². The van der Waals surface area contributed by atoms with Gasteiger partial charge in [-0.05, 0) is 37.0 Å². The first kappa shape index (κ1) is 13.0. The van der Waals surface area contributed by atoms with Gasteiger partial charge in [0.1, 0.15) is 5.82 Å². The van der Waals surface area contributed by atoms with E-state index in [1.165, 1.54) is 12.1 Å². The standard InChI is InChI=1S/C14H18FNO2/c15-12-5-1-3-10(7-12)9-16-13-6-2-4-11(8-13)14(17)18/h1,3,5,7,11,13,16H,2,4,6,8-9H2,(H,17,18). The summed E-state index contributed by atoms with van der Waals surface area (Å²) < 4.78 is 13.0. The van der Waals surface area contributed by atoms with Gasteiger partial charge in [-0.25, -0.2) is 4.39 Å². The molecule has 3 nitrogen and oxygen atoms in total. The third-order valence-electron chi connectivity index (χ3n) is 3.51. The Morgan fingerprint density at radius 3 is 3.00 bits per heavy atom. The fourth-order valence-corrected chi connectivity index (χ4v) is 2.51. The van der Waals surface area contributed by atoms with E-state index >= 15 is 0 Å². The molecule has 2 unspecified atom stereocenters. The minimum absolute atomic E-state index is 0.225. The van der Waals surface area contributed by atoms with Crippen LogP contribution >= 0.6 is 0 Å². The Labute approximate surface area is 106 Å². The van der Waals surface area contributed by atoms with Crippen LogP contribution in [0.2, 0.25) is 0 Å². The zero-order valence-electron chi connectivity index (χ0n) is 10.2. The first-order valence-corrected chi connectivity index (χ1v) is 6.36. The lowest BCUT2D eigenvalue weighted by atomic mass is 9.86. The average Bonchev–Trinajstić information content (AvgIpc) is 2.37. The second-order valence-electron chi connectivity index (χ2n) is 4.91. The highest BCUT2D eigenvalue weighted by atomic mass is 19.1. The number of carbonyl (C=O) groups is 1. The maximum absolute atomic E-state index is 13.0. The van der Waals surface area contributed by atoms with Crippen LogP contribution in [0.1, 0.15) is 31.2 Å². The molecule has 2 N–H and O–H groups in total. The molecular formula is C14H18FNO2. The quantitative estimate of drug-likeness (QED) is 0.864. The zero-order valence-corrected chi connectivity index (χ0v) is 10.2. The summed E-state index contributed by atoms with van der Waals surface area (Å²) in [6.07, 6.45) is 3.38. The molecule has 0 radical (unpaired) electrons. The molecular weight excluding hydrogens is 233 g/mol. The molecule has 2 atom stereocenters. The van der Waals surface area contributed by atoms with Crippen LogP contribution in [0.4, 0.5) is 4.39 Å². The molecule has 98 valence electrons. The van der Waals surface area contributed by atoms with Gasteiger partial charge in [-0.1, -0.05) is 18.6 Å². The number of hydrogen-bond acceptors (Lipinski definition) is 2. The highest BCUT2D eigenvalue weighted by molar-refractivity contribution is 5.70. The molecule has 18 heavy (non-hydrogen) atoms. The maximum atomic E-state index is 13.0. The molecule has 4 heteroatoms. The van der Waals surface area contributed by atoms with Crippen LogP contribution in [-0.2, 0) is 11.3 Å². The highest BCUT2D eigenvalue weighted by Crippen LogP contribution is 2.24. The third kappa shape index (κ3) is 3.53. The molecule has 1 aliphatic carbocycles. The van der Waals surface area contributed by atoms with Crippen LogP contribution in [0.3, 0.4) is 0 Å². The topological polar surface area (TPSA) is 49.3 Å². The van der Waals surface area contributed by atoms with Gasteiger partial charge in [-0.15, -0.1) is 0 Å². The minimum atomic E-state index is -0.702. The van der Waals surface area contributed by atoms with Crippen molar-refractivity contribution in [3.05, 3.63) is 35.6 Å². The zero-order chi connectivity index (χ0) is 13.0. The molecule has 0 saturated heterocycles. The van der Waals surface area contributed by atoms with Gasteiger partial charge in [0.15, 0.2) is 0 Å². The smallest absolute Gasteiger partial charge is 0.306 e. The van der Waals surface area contributed by atoms with Crippen molar-refractivity contribution < 1.29 is 14.3 Å². The number of nitrogens with one attached hydrogen (secondary N) is 1. The summed E-state index contributed by atoms with van der Waals surface area (Å²) in [6, 6.07) is 6.71. The monoisotopic (exact) mass is 251 g/mol. The average molecular weight is 251 g/mol. The number of benzene rings is 1. The predicted octanol–water partition coefficient (Wildman–Crippen LogP) is 2.56. The van der Waals surface area contributed by atoms with Gasteiger partial charge in [-0.2, -0.15) is 0 Å². The van der Waals surface area contributed by atoms with E-state index in [-0.39, 0.29) is 17.8 Å². The summed E-state index contributed by atoms with van der Waals surface area (Å²) in [5, 5.41) is 12.3. The summed E-state index contributed by atoms with van der Waals surface area (Å²) in [4.78, 5) is 10.9. The Balaban J connectivity index is 1.84. The number of hydrogen-bond donors (Lipinski definition) is 2. The molecule has 1 aliphatic rings. The Hall–Kier alpha value is -1.42. The SMILES string of the molecule is O=C(O)C1CCCC(NCc2cccc(F)c2)C1.